The maximum atomic E-state index is 5.87. The second-order valence-corrected chi connectivity index (χ2v) is 4.70. The van der Waals surface area contributed by atoms with Crippen molar-refractivity contribution in [2.24, 2.45) is 5.92 Å². The van der Waals surface area contributed by atoms with Crippen molar-refractivity contribution in [2.45, 2.75) is 32.7 Å². The van der Waals surface area contributed by atoms with Crippen molar-refractivity contribution in [3.05, 3.63) is 0 Å². The molecule has 4 heteroatoms. The van der Waals surface area contributed by atoms with Crippen LogP contribution in [0.2, 0.25) is 0 Å². The van der Waals surface area contributed by atoms with E-state index in [2.05, 4.69) is 19.2 Å². The average Bonchev–Trinajstić information content (AvgIpc) is 2.25. The largest absolute Gasteiger partial charge is 0.385 e. The smallest absolute Gasteiger partial charge is 0.0591 e. The number of nitrogens with one attached hydrogen (secondary N) is 1. The van der Waals surface area contributed by atoms with E-state index in [1.165, 1.54) is 0 Å². The standard InChI is InChI=1S/C12H26ClNO2/c1-11(2)9-12(10-13)14-5-8-16-7-4-6-15-3/h11-12,14H,4-10H2,1-3H3. The van der Waals surface area contributed by atoms with E-state index in [1.54, 1.807) is 7.11 Å². The maximum Gasteiger partial charge on any atom is 0.0591 e. The molecule has 0 saturated heterocycles. The van der Waals surface area contributed by atoms with Crippen molar-refractivity contribution in [1.29, 1.82) is 0 Å². The van der Waals surface area contributed by atoms with Gasteiger partial charge in [-0.05, 0) is 18.8 Å². The third-order valence-electron chi connectivity index (χ3n) is 2.26. The first-order valence-corrected chi connectivity index (χ1v) is 6.60. The Morgan fingerprint density at radius 2 is 1.94 bits per heavy atom. The lowest BCUT2D eigenvalue weighted by atomic mass is 10.1. The van der Waals surface area contributed by atoms with Crippen molar-refractivity contribution in [3.8, 4) is 0 Å². The molecule has 0 radical (unpaired) electrons. The molecule has 3 nitrogen and oxygen atoms in total. The third-order valence-corrected chi connectivity index (χ3v) is 2.63. The van der Waals surface area contributed by atoms with Gasteiger partial charge < -0.3 is 14.8 Å². The molecule has 0 heterocycles. The molecule has 0 aliphatic rings. The fourth-order valence-electron chi connectivity index (χ4n) is 1.51. The summed E-state index contributed by atoms with van der Waals surface area (Å²) in [6.07, 6.45) is 2.08. The molecule has 0 aliphatic carbocycles. The summed E-state index contributed by atoms with van der Waals surface area (Å²) in [5, 5.41) is 3.40. The van der Waals surface area contributed by atoms with Crippen LogP contribution in [0.15, 0.2) is 0 Å². The van der Waals surface area contributed by atoms with Crippen molar-refractivity contribution < 1.29 is 9.47 Å². The summed E-state index contributed by atoms with van der Waals surface area (Å²) in [4.78, 5) is 0. The third kappa shape index (κ3) is 10.7. The molecule has 0 amide bonds. The zero-order chi connectivity index (χ0) is 12.2. The minimum Gasteiger partial charge on any atom is -0.385 e. The van der Waals surface area contributed by atoms with Crippen LogP contribution < -0.4 is 5.32 Å². The molecule has 0 aromatic rings. The molecule has 0 aliphatic heterocycles. The topological polar surface area (TPSA) is 30.5 Å². The van der Waals surface area contributed by atoms with Gasteiger partial charge in [0, 0.05) is 38.8 Å². The lowest BCUT2D eigenvalue weighted by molar-refractivity contribution is 0.103. The number of methoxy groups -OCH3 is 1. The van der Waals surface area contributed by atoms with E-state index in [9.17, 15) is 0 Å². The summed E-state index contributed by atoms with van der Waals surface area (Å²) >= 11 is 5.87. The van der Waals surface area contributed by atoms with E-state index in [0.717, 1.165) is 39.2 Å². The number of hydrogen-bond acceptors (Lipinski definition) is 3. The molecule has 1 atom stereocenters. The van der Waals surface area contributed by atoms with Crippen LogP contribution in [0.5, 0.6) is 0 Å². The van der Waals surface area contributed by atoms with Crippen LogP contribution in [0.4, 0.5) is 0 Å². The predicted molar refractivity (Wildman–Crippen MR) is 69.3 cm³/mol. The van der Waals surface area contributed by atoms with Gasteiger partial charge in [-0.15, -0.1) is 11.6 Å². The lowest BCUT2D eigenvalue weighted by Crippen LogP contribution is -2.34. The molecule has 0 bridgehead atoms. The van der Waals surface area contributed by atoms with Crippen LogP contribution in [0, 0.1) is 5.92 Å². The molecule has 0 aromatic carbocycles. The van der Waals surface area contributed by atoms with E-state index in [0.29, 0.717) is 17.8 Å². The van der Waals surface area contributed by atoms with Gasteiger partial charge in [-0.3, -0.25) is 0 Å². The van der Waals surface area contributed by atoms with Gasteiger partial charge in [0.25, 0.3) is 0 Å². The Kier molecular flexibility index (Phi) is 11.8. The first-order chi connectivity index (χ1) is 7.70. The zero-order valence-electron chi connectivity index (χ0n) is 10.8. The van der Waals surface area contributed by atoms with Gasteiger partial charge in [-0.25, -0.2) is 0 Å². The van der Waals surface area contributed by atoms with Crippen molar-refractivity contribution in [2.75, 3.05) is 39.4 Å². The molecule has 0 spiro atoms. The fourth-order valence-corrected chi connectivity index (χ4v) is 1.75. The highest BCUT2D eigenvalue weighted by atomic mass is 35.5. The minimum atomic E-state index is 0.407. The van der Waals surface area contributed by atoms with Gasteiger partial charge in [-0.1, -0.05) is 13.8 Å². The van der Waals surface area contributed by atoms with Gasteiger partial charge in [-0.2, -0.15) is 0 Å². The van der Waals surface area contributed by atoms with Gasteiger partial charge in [0.15, 0.2) is 0 Å². The first-order valence-electron chi connectivity index (χ1n) is 6.06. The molecule has 16 heavy (non-hydrogen) atoms. The summed E-state index contributed by atoms with van der Waals surface area (Å²) in [6.45, 7) is 7.58. The van der Waals surface area contributed by atoms with Crippen LogP contribution in [-0.2, 0) is 9.47 Å². The number of hydrogen-bond donors (Lipinski definition) is 1. The Morgan fingerprint density at radius 1 is 1.19 bits per heavy atom. The molecular formula is C12H26ClNO2. The molecule has 98 valence electrons. The molecule has 1 N–H and O–H groups in total. The molecule has 0 aromatic heterocycles. The lowest BCUT2D eigenvalue weighted by Gasteiger charge is -2.17. The summed E-state index contributed by atoms with van der Waals surface area (Å²) < 4.78 is 10.4. The highest BCUT2D eigenvalue weighted by molar-refractivity contribution is 6.18. The van der Waals surface area contributed by atoms with Gasteiger partial charge in [0.2, 0.25) is 0 Å². The maximum absolute atomic E-state index is 5.87. The van der Waals surface area contributed by atoms with Crippen molar-refractivity contribution >= 4 is 11.6 Å². The van der Waals surface area contributed by atoms with Crippen molar-refractivity contribution in [3.63, 3.8) is 0 Å². The Hall–Kier alpha value is 0.170. The Bertz CT molecular complexity index is 145. The van der Waals surface area contributed by atoms with Crippen LogP contribution in [0.25, 0.3) is 0 Å². The van der Waals surface area contributed by atoms with Crippen LogP contribution in [-0.4, -0.2) is 45.4 Å². The summed E-state index contributed by atoms with van der Waals surface area (Å²) in [5.41, 5.74) is 0. The second kappa shape index (κ2) is 11.6. The SMILES string of the molecule is COCCCOCCNC(CCl)CC(C)C. The Morgan fingerprint density at radius 3 is 2.50 bits per heavy atom. The summed E-state index contributed by atoms with van der Waals surface area (Å²) in [5.74, 6) is 1.35. The molecular weight excluding hydrogens is 226 g/mol. The van der Waals surface area contributed by atoms with Gasteiger partial charge >= 0.3 is 0 Å². The van der Waals surface area contributed by atoms with Crippen LogP contribution in [0.3, 0.4) is 0 Å². The number of rotatable bonds is 11. The van der Waals surface area contributed by atoms with Crippen LogP contribution in [0.1, 0.15) is 26.7 Å². The van der Waals surface area contributed by atoms with Gasteiger partial charge in [0.05, 0.1) is 6.61 Å². The zero-order valence-corrected chi connectivity index (χ0v) is 11.6. The normalized spacial score (nSPS) is 13.3. The molecule has 0 rings (SSSR count). The monoisotopic (exact) mass is 251 g/mol. The molecule has 0 saturated carbocycles. The average molecular weight is 252 g/mol. The Labute approximate surface area is 105 Å². The first kappa shape index (κ1) is 16.2. The van der Waals surface area contributed by atoms with Crippen LogP contribution >= 0.6 is 11.6 Å². The summed E-state index contributed by atoms with van der Waals surface area (Å²) in [7, 11) is 1.71. The highest BCUT2D eigenvalue weighted by Crippen LogP contribution is 2.05. The van der Waals surface area contributed by atoms with E-state index < -0.39 is 0 Å². The molecule has 1 unspecified atom stereocenters. The fraction of sp³-hybridized carbons (Fsp3) is 1.00. The number of alkyl halides is 1. The van der Waals surface area contributed by atoms with Gasteiger partial charge in [0.1, 0.15) is 0 Å². The minimum absolute atomic E-state index is 0.407. The predicted octanol–water partition coefficient (Wildman–Crippen LogP) is 2.28. The van der Waals surface area contributed by atoms with E-state index >= 15 is 0 Å². The second-order valence-electron chi connectivity index (χ2n) is 4.39. The quantitative estimate of drug-likeness (QED) is 0.452. The van der Waals surface area contributed by atoms with E-state index in [4.69, 9.17) is 21.1 Å². The number of halogens is 1. The number of ether oxygens (including phenoxy) is 2. The summed E-state index contributed by atoms with van der Waals surface area (Å²) in [6, 6.07) is 0.407. The Balaban J connectivity index is 3.27. The van der Waals surface area contributed by atoms with E-state index in [-0.39, 0.29) is 0 Å². The molecule has 0 fully saturated rings. The van der Waals surface area contributed by atoms with E-state index in [1.807, 2.05) is 0 Å². The highest BCUT2D eigenvalue weighted by Gasteiger charge is 2.07. The van der Waals surface area contributed by atoms with Crippen molar-refractivity contribution in [1.82, 2.24) is 5.32 Å².